The average Bonchev–Trinajstić information content (AvgIpc) is 2.81. The Morgan fingerprint density at radius 1 is 1.44 bits per heavy atom. The topological polar surface area (TPSA) is 53.7 Å². The zero-order valence-electron chi connectivity index (χ0n) is 9.76. The first-order chi connectivity index (χ1) is 8.58. The fraction of sp³-hybridized carbons (Fsp3) is 0.154. The maximum Gasteiger partial charge on any atom is 0.337 e. The lowest BCUT2D eigenvalue weighted by molar-refractivity contribution is 0.0697. The highest BCUT2D eigenvalue weighted by atomic mass is 35.5. The van der Waals surface area contributed by atoms with Gasteiger partial charge in [-0.05, 0) is 24.3 Å². The number of nitrogens with zero attached hydrogens (tertiary/aromatic N) is 1. The number of anilines is 1. The normalized spacial score (nSPS) is 10.3. The molecule has 0 radical (unpaired) electrons. The number of carboxylic acids is 1. The van der Waals surface area contributed by atoms with E-state index in [0.29, 0.717) is 17.3 Å². The van der Waals surface area contributed by atoms with E-state index >= 15 is 0 Å². The Bertz CT molecular complexity index is 551. The van der Waals surface area contributed by atoms with Gasteiger partial charge in [0.15, 0.2) is 0 Å². The number of carbonyl (C=O) groups is 1. The van der Waals surface area contributed by atoms with Crippen LogP contribution in [0.4, 0.5) is 5.69 Å². The molecule has 1 aromatic carbocycles. The Morgan fingerprint density at radius 3 is 2.83 bits per heavy atom. The van der Waals surface area contributed by atoms with Gasteiger partial charge in [-0.2, -0.15) is 0 Å². The molecule has 0 aliphatic rings. The van der Waals surface area contributed by atoms with Gasteiger partial charge in [0, 0.05) is 24.2 Å². The van der Waals surface area contributed by atoms with Gasteiger partial charge in [0.2, 0.25) is 0 Å². The first-order valence-electron chi connectivity index (χ1n) is 5.33. The van der Waals surface area contributed by atoms with E-state index < -0.39 is 5.97 Å². The maximum atomic E-state index is 11.2. The second kappa shape index (κ2) is 5.14. The fourth-order valence-electron chi connectivity index (χ4n) is 1.75. The first kappa shape index (κ1) is 12.5. The molecule has 94 valence electrons. The van der Waals surface area contributed by atoms with Crippen LogP contribution in [0.1, 0.15) is 15.9 Å². The van der Waals surface area contributed by atoms with Crippen LogP contribution < -0.4 is 4.90 Å². The van der Waals surface area contributed by atoms with E-state index in [2.05, 4.69) is 0 Å². The Kier molecular flexibility index (Phi) is 3.58. The summed E-state index contributed by atoms with van der Waals surface area (Å²) in [5.74, 6) is -0.994. The van der Waals surface area contributed by atoms with Gasteiger partial charge in [-0.25, -0.2) is 4.79 Å². The van der Waals surface area contributed by atoms with Gasteiger partial charge in [-0.1, -0.05) is 11.6 Å². The van der Waals surface area contributed by atoms with Crippen LogP contribution >= 0.6 is 11.6 Å². The molecular formula is C13H12ClNO3. The van der Waals surface area contributed by atoms with E-state index in [1.54, 1.807) is 24.7 Å². The molecule has 1 N–H and O–H groups in total. The smallest absolute Gasteiger partial charge is 0.337 e. The molecule has 2 rings (SSSR count). The zero-order valence-corrected chi connectivity index (χ0v) is 10.5. The number of halogens is 1. The number of carboxylic acid groups (broad SMARTS) is 1. The number of hydrogen-bond donors (Lipinski definition) is 1. The second-order valence-electron chi connectivity index (χ2n) is 3.95. The number of hydrogen-bond acceptors (Lipinski definition) is 3. The molecular weight excluding hydrogens is 254 g/mol. The summed E-state index contributed by atoms with van der Waals surface area (Å²) in [6.07, 6.45) is 3.22. The van der Waals surface area contributed by atoms with E-state index in [-0.39, 0.29) is 5.56 Å². The van der Waals surface area contributed by atoms with Crippen molar-refractivity contribution in [2.24, 2.45) is 0 Å². The number of aromatic carboxylic acids is 1. The van der Waals surface area contributed by atoms with Crippen molar-refractivity contribution in [2.75, 3.05) is 11.9 Å². The van der Waals surface area contributed by atoms with Crippen LogP contribution in [0.2, 0.25) is 5.02 Å². The molecule has 0 spiro atoms. The predicted octanol–water partition coefficient (Wildman–Crippen LogP) is 3.27. The third-order valence-corrected chi connectivity index (χ3v) is 2.84. The molecule has 2 aromatic rings. The van der Waals surface area contributed by atoms with Crippen LogP contribution in [0.5, 0.6) is 0 Å². The van der Waals surface area contributed by atoms with Gasteiger partial charge >= 0.3 is 5.97 Å². The van der Waals surface area contributed by atoms with E-state index in [1.165, 1.54) is 6.07 Å². The molecule has 1 aromatic heterocycles. The predicted molar refractivity (Wildman–Crippen MR) is 69.2 cm³/mol. The van der Waals surface area contributed by atoms with E-state index in [9.17, 15) is 4.79 Å². The largest absolute Gasteiger partial charge is 0.478 e. The van der Waals surface area contributed by atoms with E-state index in [1.807, 2.05) is 18.0 Å². The third-order valence-electron chi connectivity index (χ3n) is 2.60. The van der Waals surface area contributed by atoms with Crippen molar-refractivity contribution >= 4 is 23.3 Å². The molecule has 18 heavy (non-hydrogen) atoms. The Morgan fingerprint density at radius 2 is 2.22 bits per heavy atom. The van der Waals surface area contributed by atoms with Crippen molar-refractivity contribution < 1.29 is 14.3 Å². The molecule has 0 aliphatic carbocycles. The van der Waals surface area contributed by atoms with Crippen molar-refractivity contribution in [2.45, 2.75) is 6.54 Å². The quantitative estimate of drug-likeness (QED) is 0.922. The summed E-state index contributed by atoms with van der Waals surface area (Å²) in [4.78, 5) is 13.0. The van der Waals surface area contributed by atoms with Gasteiger partial charge in [-0.15, -0.1) is 0 Å². The molecule has 0 aliphatic heterocycles. The molecule has 0 saturated heterocycles. The van der Waals surface area contributed by atoms with Crippen molar-refractivity contribution in [1.82, 2.24) is 0 Å². The minimum Gasteiger partial charge on any atom is -0.478 e. The van der Waals surface area contributed by atoms with Crippen LogP contribution in [0.25, 0.3) is 0 Å². The van der Waals surface area contributed by atoms with Crippen LogP contribution in [0, 0.1) is 0 Å². The monoisotopic (exact) mass is 265 g/mol. The molecule has 0 saturated carbocycles. The Labute approximate surface area is 109 Å². The lowest BCUT2D eigenvalue weighted by atomic mass is 10.1. The third kappa shape index (κ3) is 2.65. The van der Waals surface area contributed by atoms with Gasteiger partial charge in [-0.3, -0.25) is 0 Å². The molecule has 0 atom stereocenters. The molecule has 0 unspecified atom stereocenters. The molecule has 5 heteroatoms. The van der Waals surface area contributed by atoms with Crippen molar-refractivity contribution in [3.8, 4) is 0 Å². The summed E-state index contributed by atoms with van der Waals surface area (Å²) in [5.41, 5.74) is 1.78. The lowest BCUT2D eigenvalue weighted by Gasteiger charge is -2.20. The molecule has 0 bridgehead atoms. The van der Waals surface area contributed by atoms with Crippen molar-refractivity contribution in [3.63, 3.8) is 0 Å². The summed E-state index contributed by atoms with van der Waals surface area (Å²) >= 11 is 5.81. The van der Waals surface area contributed by atoms with Crippen LogP contribution in [-0.2, 0) is 6.54 Å². The van der Waals surface area contributed by atoms with Crippen LogP contribution in [0.3, 0.4) is 0 Å². The van der Waals surface area contributed by atoms with E-state index in [4.69, 9.17) is 21.1 Å². The highest BCUT2D eigenvalue weighted by Crippen LogP contribution is 2.24. The van der Waals surface area contributed by atoms with Gasteiger partial charge in [0.05, 0.1) is 23.8 Å². The summed E-state index contributed by atoms with van der Waals surface area (Å²) in [6.45, 7) is 0.568. The SMILES string of the molecule is CN(Cc1ccoc1)c1ccc(Cl)cc1C(=O)O. The van der Waals surface area contributed by atoms with Gasteiger partial charge in [0.25, 0.3) is 0 Å². The highest BCUT2D eigenvalue weighted by Gasteiger charge is 2.14. The fourth-order valence-corrected chi connectivity index (χ4v) is 1.93. The van der Waals surface area contributed by atoms with Crippen LogP contribution in [-0.4, -0.2) is 18.1 Å². The number of rotatable bonds is 4. The van der Waals surface area contributed by atoms with Crippen molar-refractivity contribution in [1.29, 1.82) is 0 Å². The number of benzene rings is 1. The average molecular weight is 266 g/mol. The summed E-state index contributed by atoms with van der Waals surface area (Å²) in [6, 6.07) is 6.67. The summed E-state index contributed by atoms with van der Waals surface area (Å²) in [7, 11) is 1.82. The minimum absolute atomic E-state index is 0.188. The second-order valence-corrected chi connectivity index (χ2v) is 4.39. The standard InChI is InChI=1S/C13H12ClNO3/c1-15(7-9-4-5-18-8-9)12-3-2-10(14)6-11(12)13(16)17/h2-6,8H,7H2,1H3,(H,16,17). The summed E-state index contributed by atoms with van der Waals surface area (Å²) < 4.78 is 4.98. The Balaban J connectivity index is 2.29. The van der Waals surface area contributed by atoms with Crippen LogP contribution in [0.15, 0.2) is 41.2 Å². The zero-order chi connectivity index (χ0) is 13.1. The van der Waals surface area contributed by atoms with E-state index in [0.717, 1.165) is 5.56 Å². The number of furan rings is 1. The maximum absolute atomic E-state index is 11.2. The lowest BCUT2D eigenvalue weighted by Crippen LogP contribution is -2.19. The Hall–Kier alpha value is -1.94. The molecule has 4 nitrogen and oxygen atoms in total. The highest BCUT2D eigenvalue weighted by molar-refractivity contribution is 6.31. The first-order valence-corrected chi connectivity index (χ1v) is 5.71. The molecule has 0 amide bonds. The minimum atomic E-state index is -0.994. The van der Waals surface area contributed by atoms with Gasteiger partial charge in [0.1, 0.15) is 0 Å². The van der Waals surface area contributed by atoms with Crippen molar-refractivity contribution in [3.05, 3.63) is 52.9 Å². The summed E-state index contributed by atoms with van der Waals surface area (Å²) in [5, 5.41) is 9.57. The van der Waals surface area contributed by atoms with Gasteiger partial charge < -0.3 is 14.4 Å². The molecule has 0 fully saturated rings. The molecule has 1 heterocycles.